The van der Waals surface area contributed by atoms with Crippen molar-refractivity contribution < 1.29 is 19.4 Å². The van der Waals surface area contributed by atoms with Gasteiger partial charge in [0.15, 0.2) is 0 Å². The van der Waals surface area contributed by atoms with E-state index < -0.39 is 11.4 Å². The minimum absolute atomic E-state index is 0.0413. The molecule has 1 aromatic heterocycles. The van der Waals surface area contributed by atoms with Gasteiger partial charge in [-0.2, -0.15) is 0 Å². The fourth-order valence-electron chi connectivity index (χ4n) is 13.2. The number of allylic oxidation sites excluding steroid dienone is 1. The highest BCUT2D eigenvalue weighted by Gasteiger charge is 2.72. The van der Waals surface area contributed by atoms with Crippen molar-refractivity contribution in [2.45, 2.75) is 118 Å². The zero-order valence-electron chi connectivity index (χ0n) is 29.8. The highest BCUT2D eigenvalue weighted by atomic mass is 16.5. The molecule has 0 radical (unpaired) electrons. The lowest BCUT2D eigenvalue weighted by Gasteiger charge is -2.72. The molecule has 0 amide bonds. The van der Waals surface area contributed by atoms with Crippen molar-refractivity contribution in [1.29, 1.82) is 0 Å². The third kappa shape index (κ3) is 4.64. The van der Waals surface area contributed by atoms with Crippen LogP contribution in [0.3, 0.4) is 0 Å². The number of carboxylic acid groups (broad SMARTS) is 1. The van der Waals surface area contributed by atoms with Crippen LogP contribution in [0.25, 0.3) is 5.69 Å². The first-order valence-corrected chi connectivity index (χ1v) is 18.3. The highest BCUT2D eigenvalue weighted by Crippen LogP contribution is 2.77. The highest BCUT2D eigenvalue weighted by molar-refractivity contribution is 5.76. The summed E-state index contributed by atoms with van der Waals surface area (Å²) in [7, 11) is 1.67. The summed E-state index contributed by atoms with van der Waals surface area (Å²) in [5.41, 5.74) is 3.08. The Morgan fingerprint density at radius 3 is 2.36 bits per heavy atom. The summed E-state index contributed by atoms with van der Waals surface area (Å²) in [6.45, 7) is 19.8. The molecule has 1 aromatic carbocycles. The van der Waals surface area contributed by atoms with E-state index in [4.69, 9.17) is 9.47 Å². The summed E-state index contributed by atoms with van der Waals surface area (Å²) < 4.78 is 13.8. The Balaban J connectivity index is 1.09. The molecule has 0 saturated heterocycles. The van der Waals surface area contributed by atoms with Crippen molar-refractivity contribution in [2.75, 3.05) is 7.11 Å². The van der Waals surface area contributed by atoms with Crippen LogP contribution in [0, 0.1) is 56.7 Å². The molecule has 0 aliphatic heterocycles. The van der Waals surface area contributed by atoms with Crippen LogP contribution >= 0.6 is 0 Å². The van der Waals surface area contributed by atoms with E-state index in [0.29, 0.717) is 30.3 Å². The number of aliphatic carboxylic acids is 1. The number of hydrogen-bond acceptors (Lipinski definition) is 5. The maximum Gasteiger partial charge on any atom is 0.309 e. The molecule has 5 saturated carbocycles. The number of hydrogen-bond donors (Lipinski definition) is 1. The number of ether oxygens (including phenoxy) is 2. The third-order valence-corrected chi connectivity index (χ3v) is 15.7. The third-order valence-electron chi connectivity index (χ3n) is 15.7. The summed E-state index contributed by atoms with van der Waals surface area (Å²) >= 11 is 0. The number of methoxy groups -OCH3 is 1. The van der Waals surface area contributed by atoms with E-state index >= 15 is 0 Å². The number of nitrogens with zero attached hydrogens (tertiary/aromatic N) is 3. The summed E-state index contributed by atoms with van der Waals surface area (Å²) in [6, 6.07) is 7.83. The molecule has 1 N–H and O–H groups in total. The van der Waals surface area contributed by atoms with E-state index in [2.05, 4.69) is 58.4 Å². The predicted octanol–water partition coefficient (Wildman–Crippen LogP) is 8.90. The average molecular weight is 644 g/mol. The molecule has 5 aliphatic rings. The van der Waals surface area contributed by atoms with Gasteiger partial charge in [-0.15, -0.1) is 5.10 Å². The summed E-state index contributed by atoms with van der Waals surface area (Å²) in [4.78, 5) is 13.0. The minimum atomic E-state index is -0.560. The van der Waals surface area contributed by atoms with Crippen molar-refractivity contribution in [3.05, 3.63) is 48.3 Å². The second kappa shape index (κ2) is 11.2. The first kappa shape index (κ1) is 32.9. The van der Waals surface area contributed by atoms with Crippen molar-refractivity contribution in [1.82, 2.24) is 15.0 Å². The van der Waals surface area contributed by atoms with E-state index in [1.807, 2.05) is 30.5 Å². The number of fused-ring (bicyclic) bond motifs is 7. The lowest BCUT2D eigenvalue weighted by molar-refractivity contribution is -0.252. The molecule has 0 spiro atoms. The number of aromatic nitrogens is 3. The van der Waals surface area contributed by atoms with Gasteiger partial charge in [-0.1, -0.05) is 52.0 Å². The van der Waals surface area contributed by atoms with Crippen molar-refractivity contribution in [3.8, 4) is 11.4 Å². The SMILES string of the molecule is C=C(C)[C@@H]1CC[C@]2(C(=O)O)CC[C@]3(C)[C@H](CC[C@@H]4[C@@]5(C)CC[C@H](OCc6cn(-c7ccc(OC)cc7)nn6)C(C)(C)[C@@H]5CC[C@]43C)[C@@H]12. The fourth-order valence-corrected chi connectivity index (χ4v) is 13.2. The first-order valence-electron chi connectivity index (χ1n) is 18.3. The van der Waals surface area contributed by atoms with Crippen molar-refractivity contribution >= 4 is 5.97 Å². The Kier molecular flexibility index (Phi) is 7.82. The van der Waals surface area contributed by atoms with Gasteiger partial charge in [-0.05, 0) is 147 Å². The minimum Gasteiger partial charge on any atom is -0.497 e. The first-order chi connectivity index (χ1) is 22.2. The maximum atomic E-state index is 13.0. The van der Waals surface area contributed by atoms with E-state index in [1.165, 1.54) is 31.3 Å². The number of benzene rings is 1. The molecule has 1 heterocycles. The zero-order valence-corrected chi connectivity index (χ0v) is 29.8. The van der Waals surface area contributed by atoms with Gasteiger partial charge in [0.1, 0.15) is 11.4 Å². The Morgan fingerprint density at radius 1 is 0.936 bits per heavy atom. The maximum absolute atomic E-state index is 13.0. The van der Waals surface area contributed by atoms with Gasteiger partial charge in [-0.25, -0.2) is 4.68 Å². The lowest BCUT2D eigenvalue weighted by Crippen LogP contribution is -2.67. The summed E-state index contributed by atoms with van der Waals surface area (Å²) in [6.07, 6.45) is 12.9. The molecule has 2 aromatic rings. The summed E-state index contributed by atoms with van der Waals surface area (Å²) in [5.74, 6) is 2.52. The van der Waals surface area contributed by atoms with Crippen LogP contribution in [0.1, 0.15) is 111 Å². The van der Waals surface area contributed by atoms with Crippen molar-refractivity contribution in [3.63, 3.8) is 0 Å². The molecular weight excluding hydrogens is 586 g/mol. The van der Waals surface area contributed by atoms with Crippen molar-refractivity contribution in [2.24, 2.45) is 56.7 Å². The number of rotatable bonds is 7. The van der Waals surface area contributed by atoms with Gasteiger partial charge in [0.2, 0.25) is 0 Å². The average Bonchev–Trinajstić information content (AvgIpc) is 3.67. The monoisotopic (exact) mass is 643 g/mol. The second-order valence-electron chi connectivity index (χ2n) is 17.7. The van der Waals surface area contributed by atoms with Gasteiger partial charge >= 0.3 is 5.97 Å². The van der Waals surface area contributed by atoms with E-state index in [1.54, 1.807) is 11.8 Å². The van der Waals surface area contributed by atoms with Crippen LogP contribution in [0.2, 0.25) is 0 Å². The van der Waals surface area contributed by atoms with E-state index in [0.717, 1.165) is 55.7 Å². The van der Waals surface area contributed by atoms with Crippen LogP contribution in [0.15, 0.2) is 42.6 Å². The normalized spacial score (nSPS) is 42.0. The molecule has 47 heavy (non-hydrogen) atoms. The Labute approximate surface area is 281 Å². The number of carboxylic acids is 1. The van der Waals surface area contributed by atoms with Gasteiger partial charge in [0, 0.05) is 0 Å². The molecule has 7 rings (SSSR count). The van der Waals surface area contributed by atoms with Crippen LogP contribution < -0.4 is 4.74 Å². The quantitative estimate of drug-likeness (QED) is 0.303. The van der Waals surface area contributed by atoms with E-state index in [-0.39, 0.29) is 33.7 Å². The number of carbonyl (C=O) groups is 1. The molecule has 0 bridgehead atoms. The molecule has 7 heteroatoms. The predicted molar refractivity (Wildman–Crippen MR) is 183 cm³/mol. The smallest absolute Gasteiger partial charge is 0.309 e. The molecule has 256 valence electrons. The molecule has 7 nitrogen and oxygen atoms in total. The van der Waals surface area contributed by atoms with Gasteiger partial charge < -0.3 is 14.6 Å². The molecule has 10 atom stereocenters. The fraction of sp³-hybridized carbons (Fsp3) is 0.725. The second-order valence-corrected chi connectivity index (χ2v) is 17.7. The van der Waals surface area contributed by atoms with Crippen LogP contribution in [-0.4, -0.2) is 39.3 Å². The van der Waals surface area contributed by atoms with Gasteiger partial charge in [0.05, 0.1) is 37.1 Å². The summed E-state index contributed by atoms with van der Waals surface area (Å²) in [5, 5.41) is 19.5. The molecule has 0 unspecified atom stereocenters. The molecular formula is C40H57N3O4. The van der Waals surface area contributed by atoms with Crippen LogP contribution in [-0.2, 0) is 16.1 Å². The Hall–Kier alpha value is -2.67. The molecule has 5 fully saturated rings. The van der Waals surface area contributed by atoms with E-state index in [9.17, 15) is 9.90 Å². The van der Waals surface area contributed by atoms with Gasteiger partial charge in [0.25, 0.3) is 0 Å². The zero-order chi connectivity index (χ0) is 33.6. The Bertz CT molecular complexity index is 1530. The van der Waals surface area contributed by atoms with Crippen LogP contribution in [0.5, 0.6) is 5.75 Å². The topological polar surface area (TPSA) is 86.5 Å². The standard InChI is InChI=1S/C40H57N3O4/c1-25(2)29-15-20-40(35(44)45)22-21-38(6)30(34(29)40)13-14-32-37(5)18-17-33(36(3,4)31(37)16-19-39(32,38)7)47-24-26-23-43(42-41-26)27-9-11-28(46-8)12-10-27/h9-12,23,29-34H,1,13-22,24H2,2-8H3,(H,44,45)/t29-,30+,31-,32+,33-,34+,37-,38+,39+,40-/m0/s1. The van der Waals surface area contributed by atoms with Crippen LogP contribution in [0.4, 0.5) is 0 Å². The molecule has 5 aliphatic carbocycles. The van der Waals surface area contributed by atoms with Gasteiger partial charge in [-0.3, -0.25) is 4.79 Å². The Morgan fingerprint density at radius 2 is 1.68 bits per heavy atom. The largest absolute Gasteiger partial charge is 0.497 e. The lowest BCUT2D eigenvalue weighted by atomic mass is 9.32.